The third-order valence-corrected chi connectivity index (χ3v) is 7.06. The lowest BCUT2D eigenvalue weighted by molar-refractivity contribution is -0.138. The van der Waals surface area contributed by atoms with Gasteiger partial charge in [0.25, 0.3) is 0 Å². The summed E-state index contributed by atoms with van der Waals surface area (Å²) >= 11 is 0. The van der Waals surface area contributed by atoms with Crippen LogP contribution in [0, 0.1) is 0 Å². The first-order valence-electron chi connectivity index (χ1n) is 12.6. The standard InChI is InChI=1S/C25H29F4N9O/c1-4-21(39)38-15(2)11-35(12-16(38)3)22-20-10-33-24(37(20)6-5-30-22)36-13-18(26)7-19(14-36)34-23-31-8-17(9-32-23)25(27,28)29/h4-6,8-10,15-16,18-19H,1,7,11-14H2,2-3H3,(H,31,32,34)/t15-,16+,18-,19-/m1/s1. The number of aromatic nitrogens is 5. The van der Waals surface area contributed by atoms with Gasteiger partial charge >= 0.3 is 6.18 Å². The summed E-state index contributed by atoms with van der Waals surface area (Å²) in [6.07, 6.45) is 2.26. The Labute approximate surface area is 222 Å². The second-order valence-corrected chi connectivity index (χ2v) is 9.99. The molecule has 1 N–H and O–H groups in total. The molecule has 5 rings (SSSR count). The zero-order valence-electron chi connectivity index (χ0n) is 21.5. The molecule has 0 aromatic carbocycles. The van der Waals surface area contributed by atoms with Gasteiger partial charge in [0.05, 0.1) is 18.3 Å². The number of piperidine rings is 1. The third-order valence-electron chi connectivity index (χ3n) is 7.06. The van der Waals surface area contributed by atoms with Crippen molar-refractivity contribution in [3.05, 3.63) is 49.2 Å². The molecule has 0 aliphatic carbocycles. The van der Waals surface area contributed by atoms with Crippen LogP contribution >= 0.6 is 0 Å². The molecular weight excluding hydrogens is 518 g/mol. The third kappa shape index (κ3) is 5.32. The van der Waals surface area contributed by atoms with Gasteiger partial charge in [-0.05, 0) is 19.9 Å². The molecule has 2 aliphatic heterocycles. The highest BCUT2D eigenvalue weighted by Gasteiger charge is 2.35. The quantitative estimate of drug-likeness (QED) is 0.385. The van der Waals surface area contributed by atoms with Crippen molar-refractivity contribution in [2.45, 2.75) is 50.7 Å². The van der Waals surface area contributed by atoms with Gasteiger partial charge in [-0.1, -0.05) is 6.58 Å². The van der Waals surface area contributed by atoms with Crippen LogP contribution in [0.3, 0.4) is 0 Å². The number of carbonyl (C=O) groups is 1. The average Bonchev–Trinajstić information content (AvgIpc) is 3.32. The van der Waals surface area contributed by atoms with E-state index in [1.165, 1.54) is 6.08 Å². The van der Waals surface area contributed by atoms with E-state index >= 15 is 0 Å². The number of imidazole rings is 1. The Morgan fingerprint density at radius 1 is 1.03 bits per heavy atom. The Morgan fingerprint density at radius 3 is 2.36 bits per heavy atom. The number of fused-ring (bicyclic) bond motifs is 1. The molecule has 2 saturated heterocycles. The summed E-state index contributed by atoms with van der Waals surface area (Å²) in [4.78, 5) is 34.7. The lowest BCUT2D eigenvalue weighted by atomic mass is 10.0. The fraction of sp³-hybridized carbons (Fsp3) is 0.480. The summed E-state index contributed by atoms with van der Waals surface area (Å²) in [5.41, 5.74) is -0.209. The Hall–Kier alpha value is -3.97. The highest BCUT2D eigenvalue weighted by atomic mass is 19.4. The van der Waals surface area contributed by atoms with Crippen LogP contribution in [0.1, 0.15) is 25.8 Å². The van der Waals surface area contributed by atoms with Crippen LogP contribution in [0.4, 0.5) is 35.3 Å². The second-order valence-electron chi connectivity index (χ2n) is 9.99. The lowest BCUT2D eigenvalue weighted by Crippen LogP contribution is -2.58. The van der Waals surface area contributed by atoms with Crippen molar-refractivity contribution >= 4 is 29.1 Å². The van der Waals surface area contributed by atoms with E-state index in [9.17, 15) is 22.4 Å². The van der Waals surface area contributed by atoms with Crippen molar-refractivity contribution in [2.75, 3.05) is 41.3 Å². The van der Waals surface area contributed by atoms with Gasteiger partial charge in [0.1, 0.15) is 11.7 Å². The van der Waals surface area contributed by atoms with Crippen molar-refractivity contribution in [1.29, 1.82) is 0 Å². The highest BCUT2D eigenvalue weighted by Crippen LogP contribution is 2.30. The number of alkyl halides is 4. The fourth-order valence-electron chi connectivity index (χ4n) is 5.45. The molecule has 14 heteroatoms. The predicted molar refractivity (Wildman–Crippen MR) is 137 cm³/mol. The van der Waals surface area contributed by atoms with Crippen LogP contribution in [0.25, 0.3) is 5.52 Å². The summed E-state index contributed by atoms with van der Waals surface area (Å²) < 4.78 is 55.1. The van der Waals surface area contributed by atoms with Gasteiger partial charge in [0, 0.05) is 69.0 Å². The molecule has 0 saturated carbocycles. The first-order valence-corrected chi connectivity index (χ1v) is 12.6. The molecule has 4 atom stereocenters. The van der Waals surface area contributed by atoms with Crippen LogP contribution in [0.2, 0.25) is 0 Å². The number of amides is 1. The Bertz CT molecular complexity index is 1330. The zero-order chi connectivity index (χ0) is 27.9. The van der Waals surface area contributed by atoms with Crippen LogP contribution in [-0.2, 0) is 11.0 Å². The van der Waals surface area contributed by atoms with Gasteiger partial charge in [-0.15, -0.1) is 0 Å². The minimum atomic E-state index is -4.54. The molecule has 0 radical (unpaired) electrons. The largest absolute Gasteiger partial charge is 0.419 e. The van der Waals surface area contributed by atoms with Gasteiger partial charge in [0.2, 0.25) is 17.8 Å². The van der Waals surface area contributed by atoms with Gasteiger partial charge in [-0.25, -0.2) is 24.3 Å². The summed E-state index contributed by atoms with van der Waals surface area (Å²) in [5, 5.41) is 2.95. The molecule has 2 fully saturated rings. The van der Waals surface area contributed by atoms with Crippen molar-refractivity contribution in [1.82, 2.24) is 29.2 Å². The number of anilines is 3. The van der Waals surface area contributed by atoms with Gasteiger partial charge < -0.3 is 20.0 Å². The molecule has 2 aliphatic rings. The number of halogens is 4. The van der Waals surface area contributed by atoms with Crippen molar-refractivity contribution in [2.24, 2.45) is 0 Å². The number of piperazine rings is 1. The summed E-state index contributed by atoms with van der Waals surface area (Å²) in [6.45, 7) is 9.17. The van der Waals surface area contributed by atoms with Crippen molar-refractivity contribution in [3.63, 3.8) is 0 Å². The summed E-state index contributed by atoms with van der Waals surface area (Å²) in [5.74, 6) is 1.13. The van der Waals surface area contributed by atoms with E-state index in [2.05, 4.69) is 36.7 Å². The zero-order valence-corrected chi connectivity index (χ0v) is 21.5. The maximum Gasteiger partial charge on any atom is 0.419 e. The van der Waals surface area contributed by atoms with Crippen molar-refractivity contribution < 1.29 is 22.4 Å². The second kappa shape index (κ2) is 10.3. The Morgan fingerprint density at radius 2 is 1.72 bits per heavy atom. The van der Waals surface area contributed by atoms with E-state index in [1.54, 1.807) is 23.5 Å². The smallest absolute Gasteiger partial charge is 0.351 e. The van der Waals surface area contributed by atoms with Crippen LogP contribution in [0.5, 0.6) is 0 Å². The van der Waals surface area contributed by atoms with Gasteiger partial charge in [0.15, 0.2) is 5.82 Å². The van der Waals surface area contributed by atoms with E-state index in [4.69, 9.17) is 0 Å². The van der Waals surface area contributed by atoms with E-state index in [0.717, 1.165) is 5.52 Å². The number of nitrogens with zero attached hydrogens (tertiary/aromatic N) is 8. The maximum atomic E-state index is 14.8. The molecule has 5 heterocycles. The Kier molecular flexibility index (Phi) is 7.03. The maximum absolute atomic E-state index is 14.8. The van der Waals surface area contributed by atoms with E-state index in [0.29, 0.717) is 43.8 Å². The lowest BCUT2D eigenvalue weighted by Gasteiger charge is -2.44. The molecule has 0 spiro atoms. The normalized spacial score (nSPS) is 24.2. The van der Waals surface area contributed by atoms with E-state index in [1.807, 2.05) is 23.1 Å². The van der Waals surface area contributed by atoms with Gasteiger partial charge in [-0.2, -0.15) is 13.2 Å². The fourth-order valence-corrected chi connectivity index (χ4v) is 5.45. The van der Waals surface area contributed by atoms with Gasteiger partial charge in [-0.3, -0.25) is 9.20 Å². The van der Waals surface area contributed by atoms with E-state index in [-0.39, 0.29) is 36.9 Å². The average molecular weight is 548 g/mol. The van der Waals surface area contributed by atoms with Crippen LogP contribution in [0.15, 0.2) is 43.6 Å². The number of rotatable bonds is 5. The van der Waals surface area contributed by atoms with Crippen LogP contribution in [-0.4, -0.2) is 85.6 Å². The molecule has 3 aromatic rings. The molecule has 39 heavy (non-hydrogen) atoms. The number of hydrogen-bond donors (Lipinski definition) is 1. The SMILES string of the molecule is C=CC(=O)N1[C@H](C)CN(c2nccn3c(N4C[C@H](F)C[C@@H](Nc5ncc(C(F)(F)F)cn5)C4)ncc23)C[C@@H]1C. The van der Waals surface area contributed by atoms with Crippen molar-refractivity contribution in [3.8, 4) is 0 Å². The molecule has 0 bridgehead atoms. The molecule has 208 valence electrons. The minimum absolute atomic E-state index is 0.00108. The summed E-state index contributed by atoms with van der Waals surface area (Å²) in [7, 11) is 0. The number of carbonyl (C=O) groups excluding carboxylic acids is 1. The molecule has 10 nitrogen and oxygen atoms in total. The molecular formula is C25H29F4N9O. The molecule has 3 aromatic heterocycles. The highest BCUT2D eigenvalue weighted by molar-refractivity contribution is 5.88. The number of hydrogen-bond acceptors (Lipinski definition) is 8. The first-order chi connectivity index (χ1) is 18.5. The monoisotopic (exact) mass is 547 g/mol. The molecule has 1 amide bonds. The Balaban J connectivity index is 1.35. The molecule has 0 unspecified atom stereocenters. The van der Waals surface area contributed by atoms with Crippen LogP contribution < -0.4 is 15.1 Å². The predicted octanol–water partition coefficient (Wildman–Crippen LogP) is 3.18. The number of nitrogens with one attached hydrogen (secondary N) is 1. The van der Waals surface area contributed by atoms with E-state index < -0.39 is 24.0 Å². The first kappa shape index (κ1) is 26.6. The minimum Gasteiger partial charge on any atom is -0.351 e. The topological polar surface area (TPSA) is 94.8 Å². The summed E-state index contributed by atoms with van der Waals surface area (Å²) in [6, 6.07) is -0.564.